The Morgan fingerprint density at radius 1 is 1.04 bits per heavy atom. The van der Waals surface area contributed by atoms with Gasteiger partial charge >= 0.3 is 6.18 Å². The molecule has 0 saturated heterocycles. The van der Waals surface area contributed by atoms with Crippen LogP contribution in [0.2, 0.25) is 15.1 Å². The molecular weight excluding hydrogens is 394 g/mol. The number of alkyl halides is 3. The highest BCUT2D eigenvalue weighted by atomic mass is 35.5. The Labute approximate surface area is 159 Å². The average Bonchev–Trinajstić information content (AvgIpc) is 2.53. The molecule has 0 fully saturated rings. The maximum absolute atomic E-state index is 13.5. The second-order valence-electron chi connectivity index (χ2n) is 5.45. The van der Waals surface area contributed by atoms with E-state index >= 15 is 0 Å². The normalized spacial score (nSPS) is 13.4. The minimum absolute atomic E-state index is 0.0109. The van der Waals surface area contributed by atoms with Crippen molar-refractivity contribution in [1.82, 2.24) is 5.32 Å². The molecule has 0 aliphatic heterocycles. The van der Waals surface area contributed by atoms with E-state index in [1.807, 2.05) is 19.2 Å². The summed E-state index contributed by atoms with van der Waals surface area (Å²) in [6.07, 6.45) is -1.97. The Kier molecular flexibility index (Phi) is 6.80. The zero-order valence-electron chi connectivity index (χ0n) is 13.2. The molecule has 1 nitrogen and oxygen atoms in total. The lowest BCUT2D eigenvalue weighted by Crippen LogP contribution is -2.19. The summed E-state index contributed by atoms with van der Waals surface area (Å²) in [5.41, 5.74) is 1.65. The van der Waals surface area contributed by atoms with Crippen LogP contribution >= 0.6 is 34.8 Å². The SMILES string of the molecule is CNCc1ccc(/C=C\C(c2cc(Cl)c(Cl)c(Cl)c2)C(F)(F)F)cc1. The third kappa shape index (κ3) is 5.38. The van der Waals surface area contributed by atoms with Crippen molar-refractivity contribution < 1.29 is 13.2 Å². The molecule has 0 aliphatic carbocycles. The number of hydrogen-bond acceptors (Lipinski definition) is 1. The molecule has 0 aromatic heterocycles. The van der Waals surface area contributed by atoms with E-state index in [4.69, 9.17) is 34.8 Å². The molecule has 0 saturated carbocycles. The quantitative estimate of drug-likeness (QED) is 0.541. The molecule has 0 heterocycles. The Bertz CT molecular complexity index is 732. The molecule has 0 aliphatic rings. The van der Waals surface area contributed by atoms with Gasteiger partial charge in [-0.15, -0.1) is 0 Å². The lowest BCUT2D eigenvalue weighted by atomic mass is 9.97. The first-order valence-corrected chi connectivity index (χ1v) is 8.48. The van der Waals surface area contributed by atoms with Crippen LogP contribution in [-0.2, 0) is 6.54 Å². The van der Waals surface area contributed by atoms with Crippen molar-refractivity contribution in [1.29, 1.82) is 0 Å². The zero-order chi connectivity index (χ0) is 18.6. The molecule has 0 bridgehead atoms. The molecule has 25 heavy (non-hydrogen) atoms. The van der Waals surface area contributed by atoms with Gasteiger partial charge in [-0.3, -0.25) is 0 Å². The second-order valence-corrected chi connectivity index (χ2v) is 6.64. The summed E-state index contributed by atoms with van der Waals surface area (Å²) in [4.78, 5) is 0. The van der Waals surface area contributed by atoms with Gasteiger partial charge in [-0.25, -0.2) is 0 Å². The monoisotopic (exact) mass is 407 g/mol. The van der Waals surface area contributed by atoms with E-state index in [2.05, 4.69) is 5.32 Å². The number of rotatable bonds is 5. The largest absolute Gasteiger partial charge is 0.399 e. The molecule has 7 heteroatoms. The van der Waals surface area contributed by atoms with Gasteiger partial charge < -0.3 is 5.32 Å². The molecule has 2 aromatic rings. The summed E-state index contributed by atoms with van der Waals surface area (Å²) < 4.78 is 40.4. The topological polar surface area (TPSA) is 12.0 Å². The van der Waals surface area contributed by atoms with Gasteiger partial charge in [0.25, 0.3) is 0 Å². The maximum atomic E-state index is 13.5. The number of hydrogen-bond donors (Lipinski definition) is 1. The van der Waals surface area contributed by atoms with Crippen molar-refractivity contribution >= 4 is 40.9 Å². The van der Waals surface area contributed by atoms with Crippen LogP contribution in [0.1, 0.15) is 22.6 Å². The van der Waals surface area contributed by atoms with E-state index < -0.39 is 12.1 Å². The lowest BCUT2D eigenvalue weighted by Gasteiger charge is -2.18. The molecule has 0 spiro atoms. The molecule has 0 radical (unpaired) electrons. The van der Waals surface area contributed by atoms with Gasteiger partial charge in [-0.05, 0) is 35.9 Å². The summed E-state index contributed by atoms with van der Waals surface area (Å²) in [7, 11) is 1.82. The smallest absolute Gasteiger partial charge is 0.316 e. The van der Waals surface area contributed by atoms with Gasteiger partial charge in [0.2, 0.25) is 0 Å². The van der Waals surface area contributed by atoms with Gasteiger partial charge in [0, 0.05) is 6.54 Å². The van der Waals surface area contributed by atoms with Crippen LogP contribution in [0.4, 0.5) is 13.2 Å². The fourth-order valence-corrected chi connectivity index (χ4v) is 2.93. The Morgan fingerprint density at radius 2 is 1.60 bits per heavy atom. The van der Waals surface area contributed by atoms with Gasteiger partial charge in [-0.2, -0.15) is 13.2 Å². The molecule has 1 atom stereocenters. The van der Waals surface area contributed by atoms with E-state index in [0.29, 0.717) is 12.1 Å². The van der Waals surface area contributed by atoms with Crippen LogP contribution in [0.5, 0.6) is 0 Å². The third-order valence-corrected chi connectivity index (χ3v) is 4.76. The van der Waals surface area contributed by atoms with Crippen LogP contribution < -0.4 is 5.32 Å². The summed E-state index contributed by atoms with van der Waals surface area (Å²) in [6, 6.07) is 9.61. The number of halogens is 6. The second kappa shape index (κ2) is 8.45. The van der Waals surface area contributed by atoms with Crippen molar-refractivity contribution in [3.63, 3.8) is 0 Å². The molecule has 2 rings (SSSR count). The Morgan fingerprint density at radius 3 is 2.08 bits per heavy atom. The van der Waals surface area contributed by atoms with Crippen LogP contribution in [0.25, 0.3) is 6.08 Å². The van der Waals surface area contributed by atoms with Gasteiger partial charge in [0.15, 0.2) is 0 Å². The van der Waals surface area contributed by atoms with E-state index in [9.17, 15) is 13.2 Å². The van der Waals surface area contributed by atoms with Crippen molar-refractivity contribution in [2.24, 2.45) is 0 Å². The van der Waals surface area contributed by atoms with E-state index in [1.54, 1.807) is 12.1 Å². The van der Waals surface area contributed by atoms with Crippen LogP contribution in [0.3, 0.4) is 0 Å². The first-order valence-electron chi connectivity index (χ1n) is 7.35. The van der Waals surface area contributed by atoms with Gasteiger partial charge in [0.05, 0.1) is 21.0 Å². The fourth-order valence-electron chi connectivity index (χ4n) is 2.32. The van der Waals surface area contributed by atoms with E-state index in [1.165, 1.54) is 18.2 Å². The Hall–Kier alpha value is -1.20. The number of allylic oxidation sites excluding steroid dienone is 1. The first kappa shape index (κ1) is 20.1. The molecule has 2 aromatic carbocycles. The number of benzene rings is 2. The van der Waals surface area contributed by atoms with Gasteiger partial charge in [0.1, 0.15) is 0 Å². The van der Waals surface area contributed by atoms with Crippen LogP contribution in [-0.4, -0.2) is 13.2 Å². The molecule has 1 N–H and O–H groups in total. The van der Waals surface area contributed by atoms with Crippen molar-refractivity contribution in [2.45, 2.75) is 18.6 Å². The summed E-state index contributed by atoms with van der Waals surface area (Å²) in [5, 5.41) is 3.02. The highest BCUT2D eigenvalue weighted by molar-refractivity contribution is 6.48. The summed E-state index contributed by atoms with van der Waals surface area (Å²) in [6.45, 7) is 0.691. The minimum Gasteiger partial charge on any atom is -0.316 e. The van der Waals surface area contributed by atoms with Gasteiger partial charge in [-0.1, -0.05) is 71.2 Å². The lowest BCUT2D eigenvalue weighted by molar-refractivity contribution is -0.139. The predicted octanol–water partition coefficient (Wildman–Crippen LogP) is 6.73. The molecule has 1 unspecified atom stereocenters. The highest BCUT2D eigenvalue weighted by Crippen LogP contribution is 2.41. The Balaban J connectivity index is 2.32. The first-order chi connectivity index (χ1) is 11.7. The highest BCUT2D eigenvalue weighted by Gasteiger charge is 2.39. The standard InChI is InChI=1S/C18H15Cl3F3N/c1-25-10-12-4-2-11(3-5-12)6-7-14(18(22,23)24)13-8-15(19)17(21)16(20)9-13/h2-9,14,25H,10H2,1H3/b7-6-. The molecule has 134 valence electrons. The van der Waals surface area contributed by atoms with E-state index in [-0.39, 0.29) is 20.6 Å². The number of nitrogens with one attached hydrogen (secondary N) is 1. The summed E-state index contributed by atoms with van der Waals surface area (Å²) >= 11 is 17.5. The predicted molar refractivity (Wildman–Crippen MR) is 98.5 cm³/mol. The van der Waals surface area contributed by atoms with Crippen molar-refractivity contribution in [3.8, 4) is 0 Å². The van der Waals surface area contributed by atoms with Crippen LogP contribution in [0, 0.1) is 0 Å². The van der Waals surface area contributed by atoms with E-state index in [0.717, 1.165) is 11.6 Å². The molecule has 0 amide bonds. The third-order valence-electron chi connectivity index (χ3n) is 3.56. The van der Waals surface area contributed by atoms with Crippen molar-refractivity contribution in [3.05, 3.63) is 74.2 Å². The summed E-state index contributed by atoms with van der Waals surface area (Å²) in [5.74, 6) is -1.84. The van der Waals surface area contributed by atoms with Crippen LogP contribution in [0.15, 0.2) is 42.5 Å². The average molecular weight is 409 g/mol. The maximum Gasteiger partial charge on any atom is 0.399 e. The molecular formula is C18H15Cl3F3N. The fraction of sp³-hybridized carbons (Fsp3) is 0.222. The zero-order valence-corrected chi connectivity index (χ0v) is 15.4. The van der Waals surface area contributed by atoms with Crippen molar-refractivity contribution in [2.75, 3.05) is 7.05 Å². The minimum atomic E-state index is -4.48.